The highest BCUT2D eigenvalue weighted by Gasteiger charge is 2.64. The van der Waals surface area contributed by atoms with Crippen LogP contribution in [0.2, 0.25) is 5.02 Å². The minimum atomic E-state index is -6.15. The summed E-state index contributed by atoms with van der Waals surface area (Å²) in [5, 5.41) is 10.1. The maximum Gasteiger partial charge on any atom is 0.461 e. The number of alkyl halides is 5. The number of Topliss-reactive ketones (excluding diaryl/α,β-unsaturated/α-hetero) is 1. The molecule has 0 bridgehead atoms. The topological polar surface area (TPSA) is 60.2 Å². The number of nitro groups is 1. The van der Waals surface area contributed by atoms with Crippen LogP contribution in [0, 0.1) is 10.1 Å². The van der Waals surface area contributed by atoms with Crippen LogP contribution in [-0.4, -0.2) is 22.8 Å². The number of halogens is 6. The van der Waals surface area contributed by atoms with Gasteiger partial charge in [0.2, 0.25) is 5.78 Å². The van der Waals surface area contributed by atoms with Crippen molar-refractivity contribution < 1.29 is 31.7 Å². The molecule has 0 spiro atoms. The summed E-state index contributed by atoms with van der Waals surface area (Å²) in [5.41, 5.74) is -2.59. The van der Waals surface area contributed by atoms with Gasteiger partial charge in [-0.15, -0.1) is 0 Å². The quantitative estimate of drug-likeness (QED) is 0.371. The van der Waals surface area contributed by atoms with Gasteiger partial charge in [0.1, 0.15) is 5.56 Å². The van der Waals surface area contributed by atoms with Crippen LogP contribution in [-0.2, 0) is 0 Å². The number of hydrogen-bond donors (Lipinski definition) is 0. The first kappa shape index (κ1) is 15.3. The molecule has 0 aliphatic carbocycles. The molecule has 4 nitrogen and oxygen atoms in total. The van der Waals surface area contributed by atoms with Crippen molar-refractivity contribution >= 4 is 23.1 Å². The molecule has 19 heavy (non-hydrogen) atoms. The van der Waals surface area contributed by atoms with Crippen LogP contribution in [0.1, 0.15) is 10.4 Å². The smallest absolute Gasteiger partial charge is 0.287 e. The molecule has 0 unspecified atom stereocenters. The highest BCUT2D eigenvalue weighted by atomic mass is 35.5. The molecule has 1 aromatic carbocycles. The Morgan fingerprint density at radius 1 is 1.21 bits per heavy atom. The number of ketones is 1. The van der Waals surface area contributed by atoms with E-state index >= 15 is 0 Å². The first-order valence-corrected chi connectivity index (χ1v) is 4.79. The molecule has 0 saturated heterocycles. The van der Waals surface area contributed by atoms with E-state index in [4.69, 9.17) is 11.6 Å². The molecule has 0 fully saturated rings. The molecule has 0 aromatic heterocycles. The third-order valence-corrected chi connectivity index (χ3v) is 2.28. The van der Waals surface area contributed by atoms with E-state index in [1.807, 2.05) is 0 Å². The number of nitrogens with zero attached hydrogens (tertiary/aromatic N) is 1. The summed E-state index contributed by atoms with van der Waals surface area (Å²) in [7, 11) is 0. The Labute approximate surface area is 106 Å². The number of nitro benzene ring substituents is 1. The van der Waals surface area contributed by atoms with E-state index in [9.17, 15) is 36.9 Å². The molecule has 0 atom stereocenters. The Bertz CT molecular complexity index is 543. The summed E-state index contributed by atoms with van der Waals surface area (Å²) < 4.78 is 61.8. The van der Waals surface area contributed by atoms with Crippen LogP contribution in [0.25, 0.3) is 0 Å². The predicted molar refractivity (Wildman–Crippen MR) is 53.4 cm³/mol. The SMILES string of the molecule is O=C(c1cc(Cl)ccc1[N+](=O)[O-])C(F)(F)C(F)(F)F. The Morgan fingerprint density at radius 2 is 1.74 bits per heavy atom. The molecular weight excluding hydrogens is 301 g/mol. The van der Waals surface area contributed by atoms with Gasteiger partial charge in [0.05, 0.1) is 4.92 Å². The number of carbonyl (C=O) groups is 1. The molecule has 0 saturated carbocycles. The Kier molecular flexibility index (Phi) is 3.80. The fourth-order valence-electron chi connectivity index (χ4n) is 1.15. The number of hydrogen-bond acceptors (Lipinski definition) is 3. The molecule has 1 aromatic rings. The number of benzene rings is 1. The molecule has 0 heterocycles. The van der Waals surface area contributed by atoms with E-state index in [2.05, 4.69) is 0 Å². The number of carbonyl (C=O) groups excluding carboxylic acids is 1. The highest BCUT2D eigenvalue weighted by Crippen LogP contribution is 2.39. The predicted octanol–water partition coefficient (Wildman–Crippen LogP) is 3.63. The molecule has 104 valence electrons. The first-order chi connectivity index (χ1) is 8.48. The summed E-state index contributed by atoms with van der Waals surface area (Å²) >= 11 is 5.33. The third-order valence-electron chi connectivity index (χ3n) is 2.04. The van der Waals surface area contributed by atoms with Crippen LogP contribution in [0.4, 0.5) is 27.6 Å². The zero-order valence-electron chi connectivity index (χ0n) is 8.67. The van der Waals surface area contributed by atoms with Gasteiger partial charge in [0, 0.05) is 11.1 Å². The van der Waals surface area contributed by atoms with Crippen LogP contribution >= 0.6 is 11.6 Å². The zero-order chi connectivity index (χ0) is 15.0. The molecule has 0 aliphatic heterocycles. The maximum atomic E-state index is 12.8. The molecular formula is C9H3ClF5NO3. The molecule has 0 radical (unpaired) electrons. The second-order valence-corrected chi connectivity index (χ2v) is 3.76. The van der Waals surface area contributed by atoms with Crippen LogP contribution < -0.4 is 0 Å². The van der Waals surface area contributed by atoms with Crippen LogP contribution in [0.3, 0.4) is 0 Å². The molecule has 10 heteroatoms. The van der Waals surface area contributed by atoms with Gasteiger partial charge in [0.25, 0.3) is 5.69 Å². The Hall–Kier alpha value is -1.77. The summed E-state index contributed by atoms with van der Waals surface area (Å²) in [5.74, 6) is -8.46. The van der Waals surface area contributed by atoms with Gasteiger partial charge < -0.3 is 0 Å². The average molecular weight is 304 g/mol. The summed E-state index contributed by atoms with van der Waals surface area (Å²) in [6.45, 7) is 0. The van der Waals surface area contributed by atoms with Gasteiger partial charge in [-0.1, -0.05) is 11.6 Å². The van der Waals surface area contributed by atoms with Gasteiger partial charge in [0.15, 0.2) is 0 Å². The minimum Gasteiger partial charge on any atom is -0.287 e. The van der Waals surface area contributed by atoms with Gasteiger partial charge in [-0.2, -0.15) is 22.0 Å². The second kappa shape index (κ2) is 4.72. The Balaban J connectivity index is 3.42. The highest BCUT2D eigenvalue weighted by molar-refractivity contribution is 6.31. The van der Waals surface area contributed by atoms with Gasteiger partial charge in [-0.3, -0.25) is 14.9 Å². The summed E-state index contributed by atoms with van der Waals surface area (Å²) in [4.78, 5) is 20.4. The fraction of sp³-hybridized carbons (Fsp3) is 0.222. The largest absolute Gasteiger partial charge is 0.461 e. The minimum absolute atomic E-state index is 0.382. The zero-order valence-corrected chi connectivity index (χ0v) is 9.43. The van der Waals surface area contributed by atoms with Crippen molar-refractivity contribution in [3.05, 3.63) is 38.9 Å². The van der Waals surface area contributed by atoms with E-state index in [0.717, 1.165) is 6.07 Å². The van der Waals surface area contributed by atoms with Crippen LogP contribution in [0.5, 0.6) is 0 Å². The van der Waals surface area contributed by atoms with Gasteiger partial charge in [-0.25, -0.2) is 0 Å². The third kappa shape index (κ3) is 2.80. The van der Waals surface area contributed by atoms with Crippen molar-refractivity contribution in [2.24, 2.45) is 0 Å². The standard InChI is InChI=1S/C9H3ClF5NO3/c10-4-1-2-6(16(18)19)5(3-4)7(17)8(11,12)9(13,14)15/h1-3H. The molecule has 0 aliphatic rings. The first-order valence-electron chi connectivity index (χ1n) is 4.41. The van der Waals surface area contributed by atoms with Crippen molar-refractivity contribution in [3.8, 4) is 0 Å². The lowest BCUT2D eigenvalue weighted by Gasteiger charge is -2.18. The molecule has 0 amide bonds. The van der Waals surface area contributed by atoms with E-state index in [-0.39, 0.29) is 5.02 Å². The second-order valence-electron chi connectivity index (χ2n) is 3.32. The lowest BCUT2D eigenvalue weighted by Crippen LogP contribution is -2.44. The van der Waals surface area contributed by atoms with E-state index < -0.39 is 34.1 Å². The van der Waals surface area contributed by atoms with Crippen molar-refractivity contribution in [1.29, 1.82) is 0 Å². The summed E-state index contributed by atoms with van der Waals surface area (Å²) in [6.07, 6.45) is -6.15. The Morgan fingerprint density at radius 3 is 2.16 bits per heavy atom. The van der Waals surface area contributed by atoms with Crippen molar-refractivity contribution in [2.75, 3.05) is 0 Å². The van der Waals surface area contributed by atoms with Gasteiger partial charge >= 0.3 is 12.1 Å². The van der Waals surface area contributed by atoms with E-state index in [1.54, 1.807) is 0 Å². The van der Waals surface area contributed by atoms with Crippen LogP contribution in [0.15, 0.2) is 18.2 Å². The summed E-state index contributed by atoms with van der Waals surface area (Å²) in [6, 6.07) is 1.85. The molecule has 0 N–H and O–H groups in total. The average Bonchev–Trinajstić information content (AvgIpc) is 2.25. The monoisotopic (exact) mass is 303 g/mol. The van der Waals surface area contributed by atoms with Crippen molar-refractivity contribution in [3.63, 3.8) is 0 Å². The van der Waals surface area contributed by atoms with Crippen molar-refractivity contribution in [2.45, 2.75) is 12.1 Å². The fourth-order valence-corrected chi connectivity index (χ4v) is 1.32. The maximum absolute atomic E-state index is 12.8. The van der Waals surface area contributed by atoms with Crippen molar-refractivity contribution in [1.82, 2.24) is 0 Å². The molecule has 1 rings (SSSR count). The normalized spacial score (nSPS) is 12.3. The van der Waals surface area contributed by atoms with E-state index in [0.29, 0.717) is 12.1 Å². The van der Waals surface area contributed by atoms with Gasteiger partial charge in [-0.05, 0) is 12.1 Å². The van der Waals surface area contributed by atoms with E-state index in [1.165, 1.54) is 0 Å². The lowest BCUT2D eigenvalue weighted by atomic mass is 10.0. The lowest BCUT2D eigenvalue weighted by molar-refractivity contribution is -0.385. The number of rotatable bonds is 3.